The fourth-order valence-corrected chi connectivity index (χ4v) is 5.08. The molecule has 2 aliphatic heterocycles. The molecule has 0 radical (unpaired) electrons. The van der Waals surface area contributed by atoms with Gasteiger partial charge in [0.1, 0.15) is 5.75 Å². The van der Waals surface area contributed by atoms with Gasteiger partial charge in [-0.1, -0.05) is 72.3 Å². The molecule has 0 N–H and O–H groups in total. The fourth-order valence-electron chi connectivity index (χ4n) is 5.08. The van der Waals surface area contributed by atoms with Crippen LogP contribution in [0.1, 0.15) is 41.6 Å². The summed E-state index contributed by atoms with van der Waals surface area (Å²) in [6.07, 6.45) is 0.702. The van der Waals surface area contributed by atoms with Gasteiger partial charge in [0.2, 0.25) is 0 Å². The zero-order chi connectivity index (χ0) is 25.6. The van der Waals surface area contributed by atoms with Crippen molar-refractivity contribution in [3.05, 3.63) is 101 Å². The number of piperazine rings is 1. The molecule has 0 saturated carbocycles. The second kappa shape index (κ2) is 11.7. The standard InChI is InChI=1S/C31H36N4O2/c1-3-37-28-15-13-27(14-16-28)30-21-29(26-11-9-24(2)10-12-26)32-35(30)31(36)23-34-19-17-33(18-20-34)22-25-7-5-4-6-8-25/h4-16,30H,3,17-23H2,1-2H3. The van der Waals surface area contributed by atoms with Crippen LogP contribution in [0, 0.1) is 6.92 Å². The van der Waals surface area contributed by atoms with Crippen molar-refractivity contribution >= 4 is 11.6 Å². The van der Waals surface area contributed by atoms with E-state index in [1.165, 1.54) is 11.1 Å². The summed E-state index contributed by atoms with van der Waals surface area (Å²) < 4.78 is 5.63. The molecule has 2 heterocycles. The van der Waals surface area contributed by atoms with E-state index in [1.807, 2.05) is 19.1 Å². The lowest BCUT2D eigenvalue weighted by Gasteiger charge is -2.35. The van der Waals surface area contributed by atoms with Gasteiger partial charge in [-0.2, -0.15) is 5.10 Å². The molecule has 0 spiro atoms. The first kappa shape index (κ1) is 25.2. The maximum Gasteiger partial charge on any atom is 0.257 e. The van der Waals surface area contributed by atoms with E-state index in [0.717, 1.165) is 55.3 Å². The van der Waals surface area contributed by atoms with Crippen molar-refractivity contribution in [3.8, 4) is 5.75 Å². The maximum absolute atomic E-state index is 13.6. The molecule has 6 heteroatoms. The molecule has 1 fully saturated rings. The van der Waals surface area contributed by atoms with Crippen LogP contribution in [0.5, 0.6) is 5.75 Å². The second-order valence-electron chi connectivity index (χ2n) is 9.91. The van der Waals surface area contributed by atoms with Crippen molar-refractivity contribution in [3.63, 3.8) is 0 Å². The summed E-state index contributed by atoms with van der Waals surface area (Å²) >= 11 is 0. The van der Waals surface area contributed by atoms with Gasteiger partial charge in [-0.05, 0) is 42.7 Å². The van der Waals surface area contributed by atoms with E-state index >= 15 is 0 Å². The van der Waals surface area contributed by atoms with Crippen LogP contribution in [0.3, 0.4) is 0 Å². The predicted molar refractivity (Wildman–Crippen MR) is 148 cm³/mol. The Balaban J connectivity index is 1.27. The van der Waals surface area contributed by atoms with Crippen LogP contribution in [0.15, 0.2) is 84.0 Å². The van der Waals surface area contributed by atoms with E-state index in [1.54, 1.807) is 5.01 Å². The number of hydrazone groups is 1. The number of nitrogens with zero attached hydrogens (tertiary/aromatic N) is 4. The summed E-state index contributed by atoms with van der Waals surface area (Å²) in [6.45, 7) is 9.73. The summed E-state index contributed by atoms with van der Waals surface area (Å²) in [6, 6.07) is 27.0. The normalized spacial score (nSPS) is 18.6. The Morgan fingerprint density at radius 1 is 0.892 bits per heavy atom. The average molecular weight is 497 g/mol. The molecule has 6 nitrogen and oxygen atoms in total. The number of benzene rings is 3. The highest BCUT2D eigenvalue weighted by atomic mass is 16.5. The van der Waals surface area contributed by atoms with Crippen molar-refractivity contribution in [2.24, 2.45) is 5.10 Å². The number of carbonyl (C=O) groups excluding carboxylic acids is 1. The van der Waals surface area contributed by atoms with Crippen LogP contribution in [-0.4, -0.2) is 65.8 Å². The molecular weight excluding hydrogens is 460 g/mol. The summed E-state index contributed by atoms with van der Waals surface area (Å²) in [5, 5.41) is 6.60. The molecular formula is C31H36N4O2. The quantitative estimate of drug-likeness (QED) is 0.446. The van der Waals surface area contributed by atoms with Gasteiger partial charge in [0, 0.05) is 39.1 Å². The second-order valence-corrected chi connectivity index (χ2v) is 9.91. The minimum Gasteiger partial charge on any atom is -0.494 e. The first-order valence-corrected chi connectivity index (χ1v) is 13.3. The number of hydrogen-bond acceptors (Lipinski definition) is 5. The van der Waals surface area contributed by atoms with Crippen molar-refractivity contribution in [1.82, 2.24) is 14.8 Å². The van der Waals surface area contributed by atoms with E-state index in [0.29, 0.717) is 19.6 Å². The minimum absolute atomic E-state index is 0.0532. The highest BCUT2D eigenvalue weighted by Gasteiger charge is 2.34. The van der Waals surface area contributed by atoms with Crippen LogP contribution in [0.25, 0.3) is 0 Å². The zero-order valence-electron chi connectivity index (χ0n) is 21.8. The fraction of sp³-hybridized carbons (Fsp3) is 0.355. The number of rotatable bonds is 8. The van der Waals surface area contributed by atoms with E-state index < -0.39 is 0 Å². The number of aryl methyl sites for hydroxylation is 1. The van der Waals surface area contributed by atoms with E-state index in [-0.39, 0.29) is 11.9 Å². The van der Waals surface area contributed by atoms with E-state index in [2.05, 4.69) is 83.5 Å². The molecule has 37 heavy (non-hydrogen) atoms. The molecule has 1 atom stereocenters. The third kappa shape index (κ3) is 6.27. The minimum atomic E-state index is -0.112. The van der Waals surface area contributed by atoms with Gasteiger partial charge in [0.05, 0.1) is 24.9 Å². The molecule has 0 aliphatic carbocycles. The van der Waals surface area contributed by atoms with Crippen LogP contribution in [-0.2, 0) is 11.3 Å². The molecule has 5 rings (SSSR count). The monoisotopic (exact) mass is 496 g/mol. The number of ether oxygens (including phenoxy) is 1. The van der Waals surface area contributed by atoms with Crippen molar-refractivity contribution < 1.29 is 9.53 Å². The largest absolute Gasteiger partial charge is 0.494 e. The lowest BCUT2D eigenvalue weighted by Crippen LogP contribution is -2.49. The molecule has 2 aliphatic rings. The third-order valence-corrected chi connectivity index (χ3v) is 7.20. The molecule has 0 bridgehead atoms. The van der Waals surface area contributed by atoms with Gasteiger partial charge in [-0.3, -0.25) is 14.6 Å². The number of amides is 1. The van der Waals surface area contributed by atoms with Gasteiger partial charge in [-0.25, -0.2) is 5.01 Å². The maximum atomic E-state index is 13.6. The van der Waals surface area contributed by atoms with E-state index in [4.69, 9.17) is 9.84 Å². The molecule has 1 saturated heterocycles. The molecule has 1 unspecified atom stereocenters. The Morgan fingerprint density at radius 2 is 1.57 bits per heavy atom. The average Bonchev–Trinajstić information content (AvgIpc) is 3.37. The van der Waals surface area contributed by atoms with Crippen molar-refractivity contribution in [2.75, 3.05) is 39.3 Å². The Bertz CT molecular complexity index is 1200. The highest BCUT2D eigenvalue weighted by molar-refractivity contribution is 6.03. The molecule has 0 aromatic heterocycles. The van der Waals surface area contributed by atoms with Gasteiger partial charge in [-0.15, -0.1) is 0 Å². The third-order valence-electron chi connectivity index (χ3n) is 7.20. The summed E-state index contributed by atoms with van der Waals surface area (Å²) in [5.41, 5.74) is 5.66. The molecule has 192 valence electrons. The van der Waals surface area contributed by atoms with Crippen LogP contribution >= 0.6 is 0 Å². The number of carbonyl (C=O) groups is 1. The SMILES string of the molecule is CCOc1ccc(C2CC(c3ccc(C)cc3)=NN2C(=O)CN2CCN(Cc3ccccc3)CC2)cc1. The zero-order valence-corrected chi connectivity index (χ0v) is 21.8. The van der Waals surface area contributed by atoms with Gasteiger partial charge < -0.3 is 4.74 Å². The topological polar surface area (TPSA) is 48.4 Å². The summed E-state index contributed by atoms with van der Waals surface area (Å²) in [5.74, 6) is 0.896. The van der Waals surface area contributed by atoms with Crippen molar-refractivity contribution in [1.29, 1.82) is 0 Å². The Hall–Kier alpha value is -3.48. The van der Waals surface area contributed by atoms with Crippen LogP contribution < -0.4 is 4.74 Å². The van der Waals surface area contributed by atoms with Crippen molar-refractivity contribution in [2.45, 2.75) is 32.9 Å². The molecule has 1 amide bonds. The van der Waals surface area contributed by atoms with Gasteiger partial charge in [0.25, 0.3) is 5.91 Å². The predicted octanol–water partition coefficient (Wildman–Crippen LogP) is 4.89. The Kier molecular flexibility index (Phi) is 7.97. The Morgan fingerprint density at radius 3 is 2.24 bits per heavy atom. The number of hydrogen-bond donors (Lipinski definition) is 0. The molecule has 3 aromatic rings. The highest BCUT2D eigenvalue weighted by Crippen LogP contribution is 2.34. The van der Waals surface area contributed by atoms with Gasteiger partial charge in [0.15, 0.2) is 0 Å². The first-order chi connectivity index (χ1) is 18.1. The van der Waals surface area contributed by atoms with Gasteiger partial charge >= 0.3 is 0 Å². The molecule has 3 aromatic carbocycles. The summed E-state index contributed by atoms with van der Waals surface area (Å²) in [7, 11) is 0. The van der Waals surface area contributed by atoms with E-state index in [9.17, 15) is 4.79 Å². The smallest absolute Gasteiger partial charge is 0.257 e. The lowest BCUT2D eigenvalue weighted by atomic mass is 9.98. The van der Waals surface area contributed by atoms with Crippen LogP contribution in [0.4, 0.5) is 0 Å². The summed E-state index contributed by atoms with van der Waals surface area (Å²) in [4.78, 5) is 18.3. The first-order valence-electron chi connectivity index (χ1n) is 13.3. The van der Waals surface area contributed by atoms with Crippen LogP contribution in [0.2, 0.25) is 0 Å². The lowest BCUT2D eigenvalue weighted by molar-refractivity contribution is -0.134. The Labute approximate surface area is 220 Å².